The quantitative estimate of drug-likeness (QED) is 0.320. The van der Waals surface area contributed by atoms with Gasteiger partial charge in [-0.1, -0.05) is 51.1 Å². The van der Waals surface area contributed by atoms with E-state index in [2.05, 4.69) is 31.1 Å². The van der Waals surface area contributed by atoms with Crippen LogP contribution < -0.4 is 5.32 Å². The number of nitrogens with zero attached hydrogens (tertiary/aromatic N) is 1. The van der Waals surface area contributed by atoms with Gasteiger partial charge in [0.15, 0.2) is 0 Å². The Balaban J connectivity index is 0.00000481. The van der Waals surface area contributed by atoms with Crippen molar-refractivity contribution >= 4 is 53.8 Å². The molecule has 6 nitrogen and oxygen atoms in total. The van der Waals surface area contributed by atoms with E-state index in [-0.39, 0.29) is 24.3 Å². The second-order valence-electron chi connectivity index (χ2n) is 9.72. The molecule has 0 bridgehead atoms. The Morgan fingerprint density at radius 1 is 1.14 bits per heavy atom. The number of hydrogen-bond acceptors (Lipinski definition) is 6. The standard InChI is InChI=1S/C28H34N2O4S2.Li.H/c1-18-8-6-7-9-21(18)23-14-19(16-34-17-20-15-29-27(36-20)28(2,3)4)10-11-22(23)25(31)30-24(26(32)33)12-13-35-5;;/h6-11,14-15,24H,12-13,16-17H2,1-5H3,(H,30,31)(H,32,33);;. The van der Waals surface area contributed by atoms with E-state index in [4.69, 9.17) is 4.74 Å². The van der Waals surface area contributed by atoms with Crippen molar-refractivity contribution in [1.82, 2.24) is 10.3 Å². The van der Waals surface area contributed by atoms with Crippen molar-refractivity contribution in [2.45, 2.75) is 58.8 Å². The molecule has 1 amide bonds. The summed E-state index contributed by atoms with van der Waals surface area (Å²) in [5, 5.41) is 13.3. The Kier molecular flexibility index (Phi) is 11.9. The molecule has 0 aliphatic carbocycles. The SMILES string of the molecule is CSCCC(NC(=O)c1ccc(COCc2cnc(C(C)(C)C)s2)cc1-c1ccccc1C)C(=O)O.[LiH]. The molecule has 0 fully saturated rings. The third-order valence-electron chi connectivity index (χ3n) is 5.69. The average molecular weight is 535 g/mol. The van der Waals surface area contributed by atoms with Gasteiger partial charge in [0, 0.05) is 17.2 Å². The number of carbonyl (C=O) groups is 2. The fourth-order valence-corrected chi connectivity index (χ4v) is 5.08. The van der Waals surface area contributed by atoms with Gasteiger partial charge < -0.3 is 15.2 Å². The summed E-state index contributed by atoms with van der Waals surface area (Å²) in [6, 6.07) is 12.5. The summed E-state index contributed by atoms with van der Waals surface area (Å²) in [5.41, 5.74) is 4.10. The Labute approximate surface area is 239 Å². The molecule has 0 spiro atoms. The number of aliphatic carboxylic acids is 1. The van der Waals surface area contributed by atoms with Gasteiger partial charge in [0.05, 0.1) is 23.1 Å². The van der Waals surface area contributed by atoms with Gasteiger partial charge in [0.1, 0.15) is 6.04 Å². The third-order valence-corrected chi connectivity index (χ3v) is 7.73. The number of carboxylic acids is 1. The van der Waals surface area contributed by atoms with E-state index >= 15 is 0 Å². The number of carbonyl (C=O) groups excluding carboxylic acids is 1. The Morgan fingerprint density at radius 2 is 1.86 bits per heavy atom. The van der Waals surface area contributed by atoms with Crippen LogP contribution in [0.2, 0.25) is 0 Å². The van der Waals surface area contributed by atoms with Crippen LogP contribution in [0.4, 0.5) is 0 Å². The molecule has 1 aromatic heterocycles. The first kappa shape index (κ1) is 31.1. The second-order valence-corrected chi connectivity index (χ2v) is 11.8. The topological polar surface area (TPSA) is 88.5 Å². The maximum atomic E-state index is 13.2. The summed E-state index contributed by atoms with van der Waals surface area (Å²) in [7, 11) is 0. The number of hydrogen-bond donors (Lipinski definition) is 2. The van der Waals surface area contributed by atoms with E-state index in [0.717, 1.165) is 32.1 Å². The van der Waals surface area contributed by atoms with E-state index in [1.54, 1.807) is 29.2 Å². The molecule has 0 aliphatic heterocycles. The zero-order valence-corrected chi connectivity index (χ0v) is 23.1. The molecule has 1 atom stereocenters. The maximum absolute atomic E-state index is 13.2. The van der Waals surface area contributed by atoms with Crippen molar-refractivity contribution in [1.29, 1.82) is 0 Å². The van der Waals surface area contributed by atoms with Gasteiger partial charge >= 0.3 is 24.8 Å². The molecule has 0 aliphatic rings. The second kappa shape index (κ2) is 14.2. The summed E-state index contributed by atoms with van der Waals surface area (Å²) in [6.07, 6.45) is 4.14. The minimum absolute atomic E-state index is 0. The molecule has 0 radical (unpaired) electrons. The molecule has 0 saturated heterocycles. The van der Waals surface area contributed by atoms with Crippen LogP contribution in [0.1, 0.15) is 58.6 Å². The molecule has 37 heavy (non-hydrogen) atoms. The van der Waals surface area contributed by atoms with Crippen molar-refractivity contribution in [2.75, 3.05) is 12.0 Å². The summed E-state index contributed by atoms with van der Waals surface area (Å²) in [4.78, 5) is 30.5. The Bertz CT molecular complexity index is 1210. The molecule has 1 heterocycles. The monoisotopic (exact) mass is 534 g/mol. The number of carboxylic acid groups (broad SMARTS) is 1. The van der Waals surface area contributed by atoms with Crippen LogP contribution in [0.15, 0.2) is 48.7 Å². The van der Waals surface area contributed by atoms with Gasteiger partial charge in [0.2, 0.25) is 0 Å². The van der Waals surface area contributed by atoms with Gasteiger partial charge in [-0.05, 0) is 59.7 Å². The number of benzene rings is 2. The van der Waals surface area contributed by atoms with Crippen LogP contribution in [-0.2, 0) is 28.2 Å². The molecular formula is C28H35LiN2O4S2. The van der Waals surface area contributed by atoms with Crippen LogP contribution in [0.3, 0.4) is 0 Å². The van der Waals surface area contributed by atoms with Crippen molar-refractivity contribution in [3.05, 3.63) is 75.2 Å². The van der Waals surface area contributed by atoms with Crippen molar-refractivity contribution in [3.8, 4) is 11.1 Å². The molecule has 2 N–H and O–H groups in total. The van der Waals surface area contributed by atoms with E-state index in [0.29, 0.717) is 31.0 Å². The van der Waals surface area contributed by atoms with Gasteiger partial charge in [-0.15, -0.1) is 11.3 Å². The van der Waals surface area contributed by atoms with E-state index in [1.807, 2.05) is 55.8 Å². The van der Waals surface area contributed by atoms with E-state index < -0.39 is 17.9 Å². The van der Waals surface area contributed by atoms with Crippen molar-refractivity contribution in [3.63, 3.8) is 0 Å². The number of rotatable bonds is 11. The predicted octanol–water partition coefficient (Wildman–Crippen LogP) is 5.42. The van der Waals surface area contributed by atoms with Gasteiger partial charge in [0.25, 0.3) is 5.91 Å². The normalized spacial score (nSPS) is 12.0. The van der Waals surface area contributed by atoms with Crippen LogP contribution in [0, 0.1) is 6.92 Å². The first-order valence-electron chi connectivity index (χ1n) is 11.8. The van der Waals surface area contributed by atoms with Gasteiger partial charge in [-0.25, -0.2) is 9.78 Å². The first-order chi connectivity index (χ1) is 17.1. The zero-order valence-electron chi connectivity index (χ0n) is 21.5. The van der Waals surface area contributed by atoms with Crippen LogP contribution in [0.5, 0.6) is 0 Å². The summed E-state index contributed by atoms with van der Waals surface area (Å²) < 4.78 is 5.98. The molecule has 2 aromatic carbocycles. The van der Waals surface area contributed by atoms with E-state index in [1.165, 1.54) is 0 Å². The van der Waals surface area contributed by atoms with Crippen LogP contribution >= 0.6 is 23.1 Å². The summed E-state index contributed by atoms with van der Waals surface area (Å²) in [5.74, 6) is -0.777. The number of thioether (sulfide) groups is 1. The molecule has 3 aromatic rings. The zero-order chi connectivity index (χ0) is 26.3. The molecule has 1 unspecified atom stereocenters. The summed E-state index contributed by atoms with van der Waals surface area (Å²) in [6.45, 7) is 9.27. The molecule has 0 saturated carbocycles. The fourth-order valence-electron chi connectivity index (χ4n) is 3.70. The van der Waals surface area contributed by atoms with Gasteiger partial charge in [-0.3, -0.25) is 4.79 Å². The number of ether oxygens (including phenoxy) is 1. The number of aryl methyl sites for hydroxylation is 1. The summed E-state index contributed by atoms with van der Waals surface area (Å²) >= 11 is 3.21. The van der Waals surface area contributed by atoms with Crippen LogP contribution in [0.25, 0.3) is 11.1 Å². The first-order valence-corrected chi connectivity index (χ1v) is 14.1. The molecule has 9 heteroatoms. The number of aromatic nitrogens is 1. The Hall–Kier alpha value is -2.08. The average Bonchev–Trinajstić information content (AvgIpc) is 3.31. The minimum atomic E-state index is -1.03. The molecular weight excluding hydrogens is 499 g/mol. The van der Waals surface area contributed by atoms with Crippen LogP contribution in [-0.4, -0.2) is 58.9 Å². The van der Waals surface area contributed by atoms with Gasteiger partial charge in [-0.2, -0.15) is 11.8 Å². The number of amides is 1. The third kappa shape index (κ3) is 8.73. The number of nitrogens with one attached hydrogen (secondary N) is 1. The molecule has 194 valence electrons. The number of thiazole rings is 1. The van der Waals surface area contributed by atoms with Crippen molar-refractivity contribution in [2.24, 2.45) is 0 Å². The molecule has 3 rings (SSSR count). The fraction of sp³-hybridized carbons (Fsp3) is 0.393. The predicted molar refractivity (Wildman–Crippen MR) is 155 cm³/mol. The Morgan fingerprint density at radius 3 is 2.49 bits per heavy atom. The van der Waals surface area contributed by atoms with E-state index in [9.17, 15) is 14.7 Å². The van der Waals surface area contributed by atoms with Crippen molar-refractivity contribution < 1.29 is 19.4 Å².